The first-order chi connectivity index (χ1) is 11.2. The minimum Gasteiger partial charge on any atom is -0.389 e. The van der Waals surface area contributed by atoms with Gasteiger partial charge in [0.05, 0.1) is 25.9 Å². The van der Waals surface area contributed by atoms with E-state index in [2.05, 4.69) is 5.10 Å². The maximum atomic E-state index is 11.8. The predicted molar refractivity (Wildman–Crippen MR) is 86.2 cm³/mol. The summed E-state index contributed by atoms with van der Waals surface area (Å²) >= 11 is 1.59. The molecule has 2 aromatic heterocycles. The van der Waals surface area contributed by atoms with Crippen molar-refractivity contribution in [2.75, 3.05) is 6.61 Å². The highest BCUT2D eigenvalue weighted by molar-refractivity contribution is 7.09. The fraction of sp³-hybridized carbons (Fsp3) is 0.250. The molecule has 0 amide bonds. The SMILES string of the molecule is O=c1oc(-c2ccccc2)nn1CC(O)COCc1cccs1. The van der Waals surface area contributed by atoms with Crippen LogP contribution in [-0.2, 0) is 17.9 Å². The zero-order chi connectivity index (χ0) is 16.1. The van der Waals surface area contributed by atoms with Gasteiger partial charge in [-0.1, -0.05) is 24.3 Å². The van der Waals surface area contributed by atoms with Gasteiger partial charge >= 0.3 is 5.76 Å². The molecule has 0 spiro atoms. The highest BCUT2D eigenvalue weighted by atomic mass is 32.1. The van der Waals surface area contributed by atoms with Gasteiger partial charge in [-0.2, -0.15) is 4.68 Å². The molecule has 0 aliphatic heterocycles. The number of hydrogen-bond acceptors (Lipinski definition) is 6. The average Bonchev–Trinajstić information content (AvgIpc) is 3.19. The minimum absolute atomic E-state index is 0.0274. The third kappa shape index (κ3) is 4.16. The number of aliphatic hydroxyl groups is 1. The summed E-state index contributed by atoms with van der Waals surface area (Å²) in [6, 6.07) is 13.0. The maximum absolute atomic E-state index is 11.8. The smallest absolute Gasteiger partial charge is 0.389 e. The Labute approximate surface area is 136 Å². The predicted octanol–water partition coefficient (Wildman–Crippen LogP) is 2.14. The summed E-state index contributed by atoms with van der Waals surface area (Å²) < 4.78 is 11.7. The fourth-order valence-electron chi connectivity index (χ4n) is 2.06. The van der Waals surface area contributed by atoms with Crippen molar-refractivity contribution in [1.29, 1.82) is 0 Å². The van der Waals surface area contributed by atoms with Crippen molar-refractivity contribution < 1.29 is 14.3 Å². The molecule has 23 heavy (non-hydrogen) atoms. The van der Waals surface area contributed by atoms with Gasteiger partial charge in [0.2, 0.25) is 5.89 Å². The summed E-state index contributed by atoms with van der Waals surface area (Å²) in [6.45, 7) is 0.592. The molecule has 3 aromatic rings. The van der Waals surface area contributed by atoms with Crippen molar-refractivity contribution in [1.82, 2.24) is 9.78 Å². The Morgan fingerprint density at radius 2 is 2.09 bits per heavy atom. The van der Waals surface area contributed by atoms with Crippen LogP contribution >= 0.6 is 11.3 Å². The van der Waals surface area contributed by atoms with Gasteiger partial charge in [-0.3, -0.25) is 0 Å². The van der Waals surface area contributed by atoms with E-state index in [-0.39, 0.29) is 19.0 Å². The number of hydrogen-bond donors (Lipinski definition) is 1. The number of rotatable bonds is 7. The van der Waals surface area contributed by atoms with Gasteiger partial charge in [0.1, 0.15) is 0 Å². The lowest BCUT2D eigenvalue weighted by Gasteiger charge is -2.09. The van der Waals surface area contributed by atoms with Crippen LogP contribution in [-0.4, -0.2) is 27.6 Å². The summed E-state index contributed by atoms with van der Waals surface area (Å²) in [7, 11) is 0. The van der Waals surface area contributed by atoms with E-state index in [0.29, 0.717) is 12.2 Å². The van der Waals surface area contributed by atoms with E-state index in [1.54, 1.807) is 23.5 Å². The number of nitrogens with zero attached hydrogens (tertiary/aromatic N) is 2. The highest BCUT2D eigenvalue weighted by Crippen LogP contribution is 2.14. The molecule has 0 fully saturated rings. The molecule has 1 unspecified atom stereocenters. The molecule has 0 aliphatic rings. The molecule has 7 heteroatoms. The van der Waals surface area contributed by atoms with E-state index in [1.807, 2.05) is 35.7 Å². The second-order valence-corrected chi connectivity index (χ2v) is 6.00. The Hall–Kier alpha value is -2.22. The quantitative estimate of drug-likeness (QED) is 0.717. The van der Waals surface area contributed by atoms with Gasteiger partial charge in [0.15, 0.2) is 0 Å². The average molecular weight is 332 g/mol. The van der Waals surface area contributed by atoms with Gasteiger partial charge in [0, 0.05) is 10.4 Å². The number of aliphatic hydroxyl groups excluding tert-OH is 1. The zero-order valence-electron chi connectivity index (χ0n) is 12.3. The first-order valence-corrected chi connectivity index (χ1v) is 8.02. The van der Waals surface area contributed by atoms with E-state index in [9.17, 15) is 9.90 Å². The van der Waals surface area contributed by atoms with Crippen LogP contribution in [0.15, 0.2) is 57.1 Å². The van der Waals surface area contributed by atoms with E-state index >= 15 is 0 Å². The Balaban J connectivity index is 1.57. The molecule has 0 aliphatic carbocycles. The number of aromatic nitrogens is 2. The molecule has 0 saturated heterocycles. The highest BCUT2D eigenvalue weighted by Gasteiger charge is 2.14. The second-order valence-electron chi connectivity index (χ2n) is 4.97. The third-order valence-corrected chi connectivity index (χ3v) is 4.00. The van der Waals surface area contributed by atoms with Crippen molar-refractivity contribution >= 4 is 11.3 Å². The molecule has 0 radical (unpaired) electrons. The van der Waals surface area contributed by atoms with Crippen LogP contribution < -0.4 is 5.76 Å². The normalized spacial score (nSPS) is 12.4. The lowest BCUT2D eigenvalue weighted by Crippen LogP contribution is -2.27. The lowest BCUT2D eigenvalue weighted by molar-refractivity contribution is 0.0187. The molecule has 1 N–H and O–H groups in total. The minimum atomic E-state index is -0.832. The molecular formula is C16H16N2O4S. The molecule has 6 nitrogen and oxygen atoms in total. The van der Waals surface area contributed by atoms with Gasteiger partial charge in [-0.05, 0) is 23.6 Å². The molecule has 0 saturated carbocycles. The first-order valence-electron chi connectivity index (χ1n) is 7.14. The molecule has 120 valence electrons. The summed E-state index contributed by atoms with van der Waals surface area (Å²) in [4.78, 5) is 12.9. The molecule has 1 aromatic carbocycles. The third-order valence-electron chi connectivity index (χ3n) is 3.15. The van der Waals surface area contributed by atoms with Crippen LogP contribution in [0.5, 0.6) is 0 Å². The van der Waals surface area contributed by atoms with E-state index in [1.165, 1.54) is 0 Å². The van der Waals surface area contributed by atoms with Crippen molar-refractivity contribution in [3.8, 4) is 11.5 Å². The summed E-state index contributed by atoms with van der Waals surface area (Å²) in [6.07, 6.45) is -0.832. The van der Waals surface area contributed by atoms with Crippen molar-refractivity contribution in [2.24, 2.45) is 0 Å². The Kier molecular flexibility index (Phi) is 5.02. The van der Waals surface area contributed by atoms with Crippen LogP contribution in [0.4, 0.5) is 0 Å². The van der Waals surface area contributed by atoms with Crippen molar-refractivity contribution in [2.45, 2.75) is 19.3 Å². The van der Waals surface area contributed by atoms with Crippen molar-refractivity contribution in [3.05, 3.63) is 63.3 Å². The lowest BCUT2D eigenvalue weighted by atomic mass is 10.2. The summed E-state index contributed by atoms with van der Waals surface area (Å²) in [5, 5.41) is 16.0. The topological polar surface area (TPSA) is 77.5 Å². The number of thiophene rings is 1. The van der Waals surface area contributed by atoms with Gasteiger partial charge < -0.3 is 14.3 Å². The van der Waals surface area contributed by atoms with E-state index in [0.717, 1.165) is 9.56 Å². The standard InChI is InChI=1S/C16H16N2O4S/c19-13(10-21-11-14-7-4-8-23-14)9-18-16(20)22-15(17-18)12-5-2-1-3-6-12/h1-8,13,19H,9-11H2. The maximum Gasteiger partial charge on any atom is 0.437 e. The molecule has 3 rings (SSSR count). The van der Waals surface area contributed by atoms with Crippen LogP contribution in [0.25, 0.3) is 11.5 Å². The summed E-state index contributed by atoms with van der Waals surface area (Å²) in [5.74, 6) is -0.358. The Morgan fingerprint density at radius 1 is 1.26 bits per heavy atom. The van der Waals surface area contributed by atoms with E-state index < -0.39 is 11.9 Å². The van der Waals surface area contributed by atoms with Crippen LogP contribution in [0.2, 0.25) is 0 Å². The van der Waals surface area contributed by atoms with Gasteiger partial charge in [0.25, 0.3) is 0 Å². The number of benzene rings is 1. The van der Waals surface area contributed by atoms with Gasteiger partial charge in [-0.15, -0.1) is 16.4 Å². The first kappa shape index (κ1) is 15.7. The zero-order valence-corrected chi connectivity index (χ0v) is 13.1. The van der Waals surface area contributed by atoms with Gasteiger partial charge in [-0.25, -0.2) is 4.79 Å². The van der Waals surface area contributed by atoms with E-state index in [4.69, 9.17) is 9.15 Å². The monoisotopic (exact) mass is 332 g/mol. The molecule has 2 heterocycles. The molecular weight excluding hydrogens is 316 g/mol. The van der Waals surface area contributed by atoms with Crippen LogP contribution in [0.1, 0.15) is 4.88 Å². The van der Waals surface area contributed by atoms with Crippen LogP contribution in [0.3, 0.4) is 0 Å². The van der Waals surface area contributed by atoms with Crippen LogP contribution in [0, 0.1) is 0 Å². The Morgan fingerprint density at radius 3 is 2.83 bits per heavy atom. The number of ether oxygens (including phenoxy) is 1. The molecule has 0 bridgehead atoms. The molecule has 1 atom stereocenters. The Bertz CT molecular complexity index is 780. The summed E-state index contributed by atoms with van der Waals surface area (Å²) in [5.41, 5.74) is 0.715. The largest absolute Gasteiger partial charge is 0.437 e. The second kappa shape index (κ2) is 7.36. The van der Waals surface area contributed by atoms with Crippen molar-refractivity contribution in [3.63, 3.8) is 0 Å². The fourth-order valence-corrected chi connectivity index (χ4v) is 2.70.